The molecule has 0 N–H and O–H groups in total. The predicted octanol–water partition coefficient (Wildman–Crippen LogP) is 6.36. The Bertz CT molecular complexity index is 1110. The molecule has 0 saturated carbocycles. The number of ether oxygens (including phenoxy) is 2. The number of amides is 1. The van der Waals surface area contributed by atoms with Crippen molar-refractivity contribution < 1.29 is 14.3 Å². The van der Waals surface area contributed by atoms with Crippen LogP contribution in [0.2, 0.25) is 10.0 Å². The van der Waals surface area contributed by atoms with E-state index in [4.69, 9.17) is 32.7 Å². The zero-order valence-corrected chi connectivity index (χ0v) is 20.0. The van der Waals surface area contributed by atoms with E-state index < -0.39 is 0 Å². The molecule has 0 aliphatic rings. The molecule has 0 unspecified atom stereocenters. The van der Waals surface area contributed by atoms with Crippen molar-refractivity contribution >= 4 is 50.7 Å². The number of nitrogens with zero attached hydrogens (tertiary/aromatic N) is 2. The van der Waals surface area contributed by atoms with Crippen molar-refractivity contribution in [2.45, 2.75) is 39.7 Å². The van der Waals surface area contributed by atoms with Crippen LogP contribution < -0.4 is 9.54 Å². The van der Waals surface area contributed by atoms with Gasteiger partial charge in [-0.05, 0) is 43.7 Å². The van der Waals surface area contributed by atoms with Crippen molar-refractivity contribution in [1.29, 1.82) is 0 Å². The second-order valence-corrected chi connectivity index (χ2v) is 8.74. The maximum Gasteiger partial charge on any atom is 0.279 e. The number of rotatable bonds is 10. The number of fused-ring (bicyclic) bond motifs is 1. The van der Waals surface area contributed by atoms with Gasteiger partial charge < -0.3 is 14.0 Å². The lowest BCUT2D eigenvalue weighted by Gasteiger charge is -2.08. The molecule has 2 aromatic carbocycles. The molecule has 1 aromatic heterocycles. The summed E-state index contributed by atoms with van der Waals surface area (Å²) in [5.74, 6) is 0.338. The van der Waals surface area contributed by atoms with Crippen molar-refractivity contribution in [2.24, 2.45) is 4.99 Å². The fourth-order valence-corrected chi connectivity index (χ4v) is 4.65. The molecule has 0 aliphatic carbocycles. The van der Waals surface area contributed by atoms with Gasteiger partial charge in [-0.15, -0.1) is 0 Å². The summed E-state index contributed by atoms with van der Waals surface area (Å²) < 4.78 is 14.1. The number of thiazole rings is 1. The Kier molecular flexibility index (Phi) is 8.96. The minimum atomic E-state index is -0.335. The van der Waals surface area contributed by atoms with Gasteiger partial charge in [-0.25, -0.2) is 0 Å². The van der Waals surface area contributed by atoms with E-state index in [2.05, 4.69) is 11.9 Å². The molecule has 5 nitrogen and oxygen atoms in total. The number of benzene rings is 2. The van der Waals surface area contributed by atoms with Crippen LogP contribution >= 0.6 is 34.5 Å². The van der Waals surface area contributed by atoms with Gasteiger partial charge in [0.15, 0.2) is 4.80 Å². The molecule has 0 bridgehead atoms. The second kappa shape index (κ2) is 11.7. The molecule has 3 aromatic rings. The summed E-state index contributed by atoms with van der Waals surface area (Å²) in [6.45, 7) is 6.32. The fourth-order valence-electron chi connectivity index (χ4n) is 3.11. The SMILES string of the molecule is CCCCCOc1cccc(C(=O)N=c2sc3ccc(Cl)c(Cl)c3n2CCOCC)c1. The standard InChI is InChI=1S/C23H26Cl2N2O3S/c1-3-5-6-13-30-17-9-7-8-16(15-17)22(28)26-23-27(12-14-29-4-2)21-19(31-23)11-10-18(24)20(21)25/h7-11,15H,3-6,12-14H2,1-2H3. The van der Waals surface area contributed by atoms with Crippen LogP contribution in [0.5, 0.6) is 5.75 Å². The highest BCUT2D eigenvalue weighted by Gasteiger charge is 2.14. The monoisotopic (exact) mass is 480 g/mol. The van der Waals surface area contributed by atoms with Gasteiger partial charge in [-0.3, -0.25) is 4.79 Å². The quantitative estimate of drug-likeness (QED) is 0.317. The van der Waals surface area contributed by atoms with Crippen LogP contribution in [-0.2, 0) is 11.3 Å². The minimum absolute atomic E-state index is 0.335. The topological polar surface area (TPSA) is 52.8 Å². The summed E-state index contributed by atoms with van der Waals surface area (Å²) in [5.41, 5.74) is 1.24. The van der Waals surface area contributed by atoms with Crippen LogP contribution in [0, 0.1) is 0 Å². The Morgan fingerprint density at radius 3 is 2.74 bits per heavy atom. The minimum Gasteiger partial charge on any atom is -0.494 e. The normalized spacial score (nSPS) is 11.9. The van der Waals surface area contributed by atoms with Crippen LogP contribution in [0.15, 0.2) is 41.4 Å². The third-order valence-corrected chi connectivity index (χ3v) is 6.53. The van der Waals surface area contributed by atoms with E-state index in [1.807, 2.05) is 29.7 Å². The summed E-state index contributed by atoms with van der Waals surface area (Å²) in [5, 5.41) is 0.909. The zero-order valence-electron chi connectivity index (χ0n) is 17.7. The number of unbranched alkanes of at least 4 members (excludes halogenated alkanes) is 2. The molecule has 0 atom stereocenters. The smallest absolute Gasteiger partial charge is 0.279 e. The van der Waals surface area contributed by atoms with E-state index >= 15 is 0 Å². The number of carbonyl (C=O) groups excluding carboxylic acids is 1. The first-order chi connectivity index (χ1) is 15.0. The van der Waals surface area contributed by atoms with Crippen LogP contribution in [0.25, 0.3) is 10.2 Å². The molecule has 1 amide bonds. The summed E-state index contributed by atoms with van der Waals surface area (Å²) in [6, 6.07) is 10.8. The molecule has 0 saturated heterocycles. The Labute approximate surface area is 196 Å². The number of aromatic nitrogens is 1. The van der Waals surface area contributed by atoms with Crippen LogP contribution in [0.1, 0.15) is 43.5 Å². The predicted molar refractivity (Wildman–Crippen MR) is 128 cm³/mol. The van der Waals surface area contributed by atoms with Crippen molar-refractivity contribution in [3.8, 4) is 5.75 Å². The lowest BCUT2D eigenvalue weighted by molar-refractivity contribution is 0.0996. The highest BCUT2D eigenvalue weighted by atomic mass is 35.5. The van der Waals surface area contributed by atoms with Crippen LogP contribution in [0.3, 0.4) is 0 Å². The fraction of sp³-hybridized carbons (Fsp3) is 0.391. The van der Waals surface area contributed by atoms with Gasteiger partial charge in [-0.1, -0.05) is 60.4 Å². The van der Waals surface area contributed by atoms with Crippen LogP contribution in [-0.4, -0.2) is 30.3 Å². The molecule has 31 heavy (non-hydrogen) atoms. The molecular formula is C23H26Cl2N2O3S. The summed E-state index contributed by atoms with van der Waals surface area (Å²) in [7, 11) is 0. The molecule has 0 spiro atoms. The van der Waals surface area contributed by atoms with Gasteiger partial charge in [0.1, 0.15) is 5.75 Å². The van der Waals surface area contributed by atoms with Crippen molar-refractivity contribution in [2.75, 3.05) is 19.8 Å². The first-order valence-electron chi connectivity index (χ1n) is 10.4. The highest BCUT2D eigenvalue weighted by Crippen LogP contribution is 2.32. The molecule has 0 radical (unpaired) electrons. The molecule has 0 aliphatic heterocycles. The Morgan fingerprint density at radius 1 is 1.13 bits per heavy atom. The summed E-state index contributed by atoms with van der Waals surface area (Å²) in [6.07, 6.45) is 3.24. The maximum atomic E-state index is 12.9. The van der Waals surface area contributed by atoms with Gasteiger partial charge in [0.05, 0.1) is 33.5 Å². The van der Waals surface area contributed by atoms with E-state index in [0.29, 0.717) is 52.5 Å². The van der Waals surface area contributed by atoms with Gasteiger partial charge in [0, 0.05) is 18.7 Å². The number of halogens is 2. The van der Waals surface area contributed by atoms with Gasteiger partial charge in [-0.2, -0.15) is 4.99 Å². The van der Waals surface area contributed by atoms with Gasteiger partial charge >= 0.3 is 0 Å². The van der Waals surface area contributed by atoms with E-state index in [-0.39, 0.29) is 5.91 Å². The van der Waals surface area contributed by atoms with Crippen molar-refractivity contribution in [3.05, 3.63) is 56.8 Å². The molecule has 3 rings (SSSR count). The van der Waals surface area contributed by atoms with Crippen LogP contribution in [0.4, 0.5) is 0 Å². The average Bonchev–Trinajstić information content (AvgIpc) is 3.12. The number of carbonyl (C=O) groups is 1. The molecule has 8 heteroatoms. The maximum absolute atomic E-state index is 12.9. The van der Waals surface area contributed by atoms with Gasteiger partial charge in [0.2, 0.25) is 0 Å². The third-order valence-electron chi connectivity index (χ3n) is 4.69. The first kappa shape index (κ1) is 23.8. The van der Waals surface area contributed by atoms with E-state index in [0.717, 1.165) is 29.5 Å². The number of hydrogen-bond acceptors (Lipinski definition) is 4. The third kappa shape index (κ3) is 6.10. The highest BCUT2D eigenvalue weighted by molar-refractivity contribution is 7.16. The lowest BCUT2D eigenvalue weighted by atomic mass is 10.2. The van der Waals surface area contributed by atoms with E-state index in [1.54, 1.807) is 18.2 Å². The van der Waals surface area contributed by atoms with E-state index in [1.165, 1.54) is 11.3 Å². The van der Waals surface area contributed by atoms with Gasteiger partial charge in [0.25, 0.3) is 5.91 Å². The Hall–Kier alpha value is -1.86. The molecule has 1 heterocycles. The zero-order chi connectivity index (χ0) is 22.2. The van der Waals surface area contributed by atoms with Crippen molar-refractivity contribution in [1.82, 2.24) is 4.57 Å². The summed E-state index contributed by atoms with van der Waals surface area (Å²) in [4.78, 5) is 17.9. The molecule has 166 valence electrons. The average molecular weight is 481 g/mol. The summed E-state index contributed by atoms with van der Waals surface area (Å²) >= 11 is 14.1. The first-order valence-corrected chi connectivity index (χ1v) is 12.0. The Balaban J connectivity index is 1.93. The van der Waals surface area contributed by atoms with Crippen molar-refractivity contribution in [3.63, 3.8) is 0 Å². The number of hydrogen-bond donors (Lipinski definition) is 0. The lowest BCUT2D eigenvalue weighted by Crippen LogP contribution is -2.20. The molecular weight excluding hydrogens is 455 g/mol. The Morgan fingerprint density at radius 2 is 1.97 bits per heavy atom. The molecule has 0 fully saturated rings. The van der Waals surface area contributed by atoms with E-state index in [9.17, 15) is 4.79 Å². The second-order valence-electron chi connectivity index (χ2n) is 6.94. The largest absolute Gasteiger partial charge is 0.494 e.